The van der Waals surface area contributed by atoms with Crippen LogP contribution < -0.4 is 5.32 Å². The maximum Gasteiger partial charge on any atom is 0.305 e. The number of nitrogens with one attached hydrogen (secondary N) is 1. The van der Waals surface area contributed by atoms with Gasteiger partial charge in [0.15, 0.2) is 11.6 Å². The van der Waals surface area contributed by atoms with E-state index in [1.165, 1.54) is 6.07 Å². The molecule has 114 valence electrons. The van der Waals surface area contributed by atoms with E-state index >= 15 is 0 Å². The zero-order valence-electron chi connectivity index (χ0n) is 11.2. The highest BCUT2D eigenvalue weighted by Crippen LogP contribution is 2.35. The minimum Gasteiger partial charge on any atom is -0.481 e. The van der Waals surface area contributed by atoms with Gasteiger partial charge in [0, 0.05) is 4.90 Å². The molecular formula is C14H15F2NO3S. The Bertz CT molecular complexity index is 561. The molecule has 0 bridgehead atoms. The van der Waals surface area contributed by atoms with Crippen molar-refractivity contribution in [2.24, 2.45) is 0 Å². The first kappa shape index (κ1) is 15.8. The molecule has 0 aromatic heterocycles. The van der Waals surface area contributed by atoms with E-state index < -0.39 is 23.1 Å². The first-order valence-corrected chi connectivity index (χ1v) is 7.49. The topological polar surface area (TPSA) is 66.4 Å². The van der Waals surface area contributed by atoms with Crippen LogP contribution in [-0.2, 0) is 9.59 Å². The highest BCUT2D eigenvalue weighted by atomic mass is 32.2. The van der Waals surface area contributed by atoms with Crippen LogP contribution in [0.4, 0.5) is 8.78 Å². The van der Waals surface area contributed by atoms with E-state index in [2.05, 4.69) is 5.32 Å². The third-order valence-electron chi connectivity index (χ3n) is 3.47. The molecule has 1 aliphatic carbocycles. The van der Waals surface area contributed by atoms with Crippen molar-refractivity contribution >= 4 is 23.6 Å². The second kappa shape index (κ2) is 6.43. The number of rotatable bonds is 6. The van der Waals surface area contributed by atoms with Crippen LogP contribution in [0.1, 0.15) is 25.7 Å². The smallest absolute Gasteiger partial charge is 0.305 e. The number of halogens is 2. The molecule has 0 atom stereocenters. The van der Waals surface area contributed by atoms with E-state index in [1.807, 2.05) is 0 Å². The summed E-state index contributed by atoms with van der Waals surface area (Å²) in [5, 5.41) is 11.6. The molecule has 2 rings (SSSR count). The Hall–Kier alpha value is -1.63. The van der Waals surface area contributed by atoms with Crippen LogP contribution in [0.5, 0.6) is 0 Å². The van der Waals surface area contributed by atoms with Gasteiger partial charge in [0.25, 0.3) is 0 Å². The first-order chi connectivity index (χ1) is 9.90. The lowest BCUT2D eigenvalue weighted by molar-refractivity contribution is -0.140. The molecule has 0 saturated heterocycles. The summed E-state index contributed by atoms with van der Waals surface area (Å²) in [6.07, 6.45) is 2.11. The lowest BCUT2D eigenvalue weighted by atomic mass is 9.74. The number of carboxylic acids is 1. The molecule has 0 radical (unpaired) electrons. The van der Waals surface area contributed by atoms with E-state index in [0.29, 0.717) is 17.7 Å². The minimum absolute atomic E-state index is 0.0342. The predicted octanol–water partition coefficient (Wildman–Crippen LogP) is 2.57. The molecule has 21 heavy (non-hydrogen) atoms. The van der Waals surface area contributed by atoms with Crippen molar-refractivity contribution in [3.63, 3.8) is 0 Å². The van der Waals surface area contributed by atoms with E-state index in [4.69, 9.17) is 5.11 Å². The van der Waals surface area contributed by atoms with E-state index in [0.717, 1.165) is 30.3 Å². The molecular weight excluding hydrogens is 300 g/mol. The van der Waals surface area contributed by atoms with Gasteiger partial charge in [-0.2, -0.15) is 0 Å². The predicted molar refractivity (Wildman–Crippen MR) is 74.1 cm³/mol. The van der Waals surface area contributed by atoms with Crippen LogP contribution >= 0.6 is 11.8 Å². The maximum absolute atomic E-state index is 13.0. The summed E-state index contributed by atoms with van der Waals surface area (Å²) >= 11 is 1.08. The molecule has 0 unspecified atom stereocenters. The Kier molecular flexibility index (Phi) is 4.82. The monoisotopic (exact) mass is 315 g/mol. The fraction of sp³-hybridized carbons (Fsp3) is 0.429. The lowest BCUT2D eigenvalue weighted by Crippen LogP contribution is -2.55. The van der Waals surface area contributed by atoms with Gasteiger partial charge in [0.1, 0.15) is 0 Å². The molecule has 0 spiro atoms. The van der Waals surface area contributed by atoms with Gasteiger partial charge in [-0.15, -0.1) is 11.8 Å². The summed E-state index contributed by atoms with van der Waals surface area (Å²) in [4.78, 5) is 23.1. The number of hydrogen-bond donors (Lipinski definition) is 2. The van der Waals surface area contributed by atoms with Crippen molar-refractivity contribution in [1.82, 2.24) is 5.32 Å². The third kappa shape index (κ3) is 4.17. The second-order valence-electron chi connectivity index (χ2n) is 5.12. The number of carbonyl (C=O) groups excluding carboxylic acids is 1. The van der Waals surface area contributed by atoms with Crippen LogP contribution in [0.3, 0.4) is 0 Å². The number of amides is 1. The van der Waals surface area contributed by atoms with E-state index in [1.54, 1.807) is 0 Å². The number of carbonyl (C=O) groups is 2. The Balaban J connectivity index is 1.86. The molecule has 2 N–H and O–H groups in total. The fourth-order valence-corrected chi connectivity index (χ4v) is 3.01. The molecule has 7 heteroatoms. The molecule has 1 amide bonds. The van der Waals surface area contributed by atoms with Gasteiger partial charge in [-0.3, -0.25) is 9.59 Å². The zero-order chi connectivity index (χ0) is 15.5. The van der Waals surface area contributed by atoms with Gasteiger partial charge in [-0.1, -0.05) is 0 Å². The Labute approximate surface area is 124 Å². The van der Waals surface area contributed by atoms with Crippen LogP contribution in [0.15, 0.2) is 23.1 Å². The summed E-state index contributed by atoms with van der Waals surface area (Å²) in [5.41, 5.74) is -0.641. The van der Waals surface area contributed by atoms with Gasteiger partial charge in [0.2, 0.25) is 5.91 Å². The molecule has 0 aliphatic heterocycles. The molecule has 4 nitrogen and oxygen atoms in total. The second-order valence-corrected chi connectivity index (χ2v) is 6.17. The van der Waals surface area contributed by atoms with Gasteiger partial charge in [-0.05, 0) is 37.5 Å². The van der Waals surface area contributed by atoms with Crippen molar-refractivity contribution in [1.29, 1.82) is 0 Å². The molecule has 0 heterocycles. The van der Waals surface area contributed by atoms with Crippen molar-refractivity contribution in [3.05, 3.63) is 29.8 Å². The summed E-state index contributed by atoms with van der Waals surface area (Å²) in [5.74, 6) is -3.10. The van der Waals surface area contributed by atoms with E-state index in [9.17, 15) is 18.4 Å². The Morgan fingerprint density at radius 1 is 1.29 bits per heavy atom. The van der Waals surface area contributed by atoms with Crippen molar-refractivity contribution in [2.45, 2.75) is 36.1 Å². The zero-order valence-corrected chi connectivity index (χ0v) is 12.0. The number of thioether (sulfide) groups is 1. The summed E-state index contributed by atoms with van der Waals surface area (Å²) in [7, 11) is 0. The maximum atomic E-state index is 13.0. The molecule has 1 fully saturated rings. The molecule has 1 saturated carbocycles. The summed E-state index contributed by atoms with van der Waals surface area (Å²) in [6, 6.07) is 3.43. The highest BCUT2D eigenvalue weighted by molar-refractivity contribution is 8.00. The average molecular weight is 315 g/mol. The number of benzene rings is 1. The highest BCUT2D eigenvalue weighted by Gasteiger charge is 2.40. The van der Waals surface area contributed by atoms with Crippen LogP contribution in [-0.4, -0.2) is 28.3 Å². The van der Waals surface area contributed by atoms with Gasteiger partial charge < -0.3 is 10.4 Å². The largest absolute Gasteiger partial charge is 0.481 e. The molecule has 1 aliphatic rings. The SMILES string of the molecule is O=C(O)CC1(NC(=O)CSc2ccc(F)c(F)c2)CCC1. The number of aliphatic carboxylic acids is 1. The quantitative estimate of drug-likeness (QED) is 0.792. The first-order valence-electron chi connectivity index (χ1n) is 6.51. The minimum atomic E-state index is -0.957. The van der Waals surface area contributed by atoms with E-state index in [-0.39, 0.29) is 18.1 Å². The summed E-state index contributed by atoms with van der Waals surface area (Å²) in [6.45, 7) is 0. The Morgan fingerprint density at radius 3 is 2.52 bits per heavy atom. The van der Waals surface area contributed by atoms with Crippen molar-refractivity contribution < 1.29 is 23.5 Å². The number of carboxylic acid groups (broad SMARTS) is 1. The normalized spacial score (nSPS) is 16.1. The lowest BCUT2D eigenvalue weighted by Gasteiger charge is -2.41. The number of hydrogen-bond acceptors (Lipinski definition) is 3. The molecule has 1 aromatic carbocycles. The third-order valence-corrected chi connectivity index (χ3v) is 4.46. The molecule has 1 aromatic rings. The van der Waals surface area contributed by atoms with Gasteiger partial charge in [-0.25, -0.2) is 8.78 Å². The van der Waals surface area contributed by atoms with Crippen LogP contribution in [0.25, 0.3) is 0 Å². The van der Waals surface area contributed by atoms with Crippen LogP contribution in [0, 0.1) is 11.6 Å². The Morgan fingerprint density at radius 2 is 2.00 bits per heavy atom. The standard InChI is InChI=1S/C14H15F2NO3S/c15-10-3-2-9(6-11(10)16)21-8-12(18)17-14(4-1-5-14)7-13(19)20/h2-3,6H,1,4-5,7-8H2,(H,17,18)(H,19,20). The van der Waals surface area contributed by atoms with Crippen molar-refractivity contribution in [2.75, 3.05) is 5.75 Å². The van der Waals surface area contributed by atoms with Crippen LogP contribution in [0.2, 0.25) is 0 Å². The van der Waals surface area contributed by atoms with Gasteiger partial charge in [0.05, 0.1) is 17.7 Å². The summed E-state index contributed by atoms with van der Waals surface area (Å²) < 4.78 is 25.8. The average Bonchev–Trinajstić information content (AvgIpc) is 2.37. The van der Waals surface area contributed by atoms with Gasteiger partial charge >= 0.3 is 5.97 Å². The fourth-order valence-electron chi connectivity index (χ4n) is 2.29. The van der Waals surface area contributed by atoms with Crippen molar-refractivity contribution in [3.8, 4) is 0 Å².